The van der Waals surface area contributed by atoms with Gasteiger partial charge in [-0.25, -0.2) is 0 Å². The van der Waals surface area contributed by atoms with Crippen molar-refractivity contribution in [1.29, 1.82) is 0 Å². The molecular weight excluding hydrogens is 218 g/mol. The molecule has 1 saturated carbocycles. The van der Waals surface area contributed by atoms with Crippen LogP contribution < -0.4 is 5.32 Å². The highest BCUT2D eigenvalue weighted by Crippen LogP contribution is 2.42. The first-order valence-electron chi connectivity index (χ1n) is 6.03. The summed E-state index contributed by atoms with van der Waals surface area (Å²) in [6.07, 6.45) is 2.74. The van der Waals surface area contributed by atoms with Crippen LogP contribution in [0.5, 0.6) is 0 Å². The SMILES string of the molecule is CC(c1nnc(CNC(C)(C)C)s1)C1CC1. The zero-order valence-corrected chi connectivity index (χ0v) is 11.4. The van der Waals surface area contributed by atoms with Crippen molar-refractivity contribution in [2.24, 2.45) is 5.92 Å². The van der Waals surface area contributed by atoms with E-state index in [0.29, 0.717) is 5.92 Å². The monoisotopic (exact) mass is 239 g/mol. The van der Waals surface area contributed by atoms with Crippen molar-refractivity contribution in [1.82, 2.24) is 15.5 Å². The van der Waals surface area contributed by atoms with E-state index in [4.69, 9.17) is 0 Å². The molecule has 0 radical (unpaired) electrons. The van der Waals surface area contributed by atoms with Gasteiger partial charge >= 0.3 is 0 Å². The Morgan fingerprint density at radius 1 is 1.38 bits per heavy atom. The fourth-order valence-corrected chi connectivity index (χ4v) is 2.59. The molecule has 0 amide bonds. The zero-order valence-electron chi connectivity index (χ0n) is 10.6. The maximum atomic E-state index is 4.31. The van der Waals surface area contributed by atoms with E-state index in [1.165, 1.54) is 17.8 Å². The average Bonchev–Trinajstić information content (AvgIpc) is 2.92. The first kappa shape index (κ1) is 12.0. The smallest absolute Gasteiger partial charge is 0.131 e. The fraction of sp³-hybridized carbons (Fsp3) is 0.833. The number of hydrogen-bond donors (Lipinski definition) is 1. The summed E-state index contributed by atoms with van der Waals surface area (Å²) in [6.45, 7) is 9.61. The standard InChI is InChI=1S/C12H21N3S/c1-8(9-5-6-9)11-15-14-10(16-11)7-13-12(2,3)4/h8-9,13H,5-7H2,1-4H3. The molecule has 2 rings (SSSR count). The molecule has 1 aliphatic carbocycles. The molecule has 16 heavy (non-hydrogen) atoms. The van der Waals surface area contributed by atoms with E-state index in [1.54, 1.807) is 11.3 Å². The number of rotatable bonds is 4. The molecule has 0 saturated heterocycles. The average molecular weight is 239 g/mol. The summed E-state index contributed by atoms with van der Waals surface area (Å²) in [7, 11) is 0. The normalized spacial score (nSPS) is 18.8. The molecule has 90 valence electrons. The van der Waals surface area contributed by atoms with Crippen LogP contribution in [0.3, 0.4) is 0 Å². The Balaban J connectivity index is 1.91. The summed E-state index contributed by atoms with van der Waals surface area (Å²) in [5, 5.41) is 14.3. The van der Waals surface area contributed by atoms with Gasteiger partial charge in [-0.15, -0.1) is 10.2 Å². The van der Waals surface area contributed by atoms with Gasteiger partial charge in [0.2, 0.25) is 0 Å². The van der Waals surface area contributed by atoms with Gasteiger partial charge in [-0.05, 0) is 39.5 Å². The molecule has 1 heterocycles. The highest BCUT2D eigenvalue weighted by molar-refractivity contribution is 7.11. The molecule has 0 aliphatic heterocycles. The summed E-state index contributed by atoms with van der Waals surface area (Å²) in [6, 6.07) is 0. The van der Waals surface area contributed by atoms with Gasteiger partial charge < -0.3 is 5.32 Å². The Bertz CT molecular complexity index is 349. The van der Waals surface area contributed by atoms with Gasteiger partial charge in [0.15, 0.2) is 0 Å². The van der Waals surface area contributed by atoms with Crippen molar-refractivity contribution >= 4 is 11.3 Å². The Morgan fingerprint density at radius 2 is 2.06 bits per heavy atom. The number of nitrogens with zero attached hydrogens (tertiary/aromatic N) is 2. The minimum absolute atomic E-state index is 0.147. The topological polar surface area (TPSA) is 37.8 Å². The van der Waals surface area contributed by atoms with Crippen LogP contribution in [0, 0.1) is 5.92 Å². The van der Waals surface area contributed by atoms with E-state index < -0.39 is 0 Å². The second kappa shape index (κ2) is 4.41. The van der Waals surface area contributed by atoms with Gasteiger partial charge in [0.05, 0.1) is 6.54 Å². The van der Waals surface area contributed by atoms with E-state index in [1.807, 2.05) is 0 Å². The van der Waals surface area contributed by atoms with E-state index in [0.717, 1.165) is 17.5 Å². The summed E-state index contributed by atoms with van der Waals surface area (Å²) < 4.78 is 0. The fourth-order valence-electron chi connectivity index (χ4n) is 1.66. The third kappa shape index (κ3) is 3.25. The van der Waals surface area contributed by atoms with Crippen molar-refractivity contribution in [3.05, 3.63) is 10.0 Å². The number of aromatic nitrogens is 2. The van der Waals surface area contributed by atoms with Gasteiger partial charge in [-0.1, -0.05) is 18.3 Å². The van der Waals surface area contributed by atoms with Crippen LogP contribution in [-0.4, -0.2) is 15.7 Å². The lowest BCUT2D eigenvalue weighted by Crippen LogP contribution is -2.35. The molecule has 0 aromatic carbocycles. The molecule has 1 aromatic heterocycles. The molecule has 1 fully saturated rings. The van der Waals surface area contributed by atoms with Crippen LogP contribution in [0.2, 0.25) is 0 Å². The lowest BCUT2D eigenvalue weighted by atomic mass is 10.1. The predicted molar refractivity (Wildman–Crippen MR) is 67.6 cm³/mol. The Morgan fingerprint density at radius 3 is 2.62 bits per heavy atom. The van der Waals surface area contributed by atoms with Crippen LogP contribution in [0.25, 0.3) is 0 Å². The van der Waals surface area contributed by atoms with Gasteiger partial charge in [0.1, 0.15) is 10.0 Å². The van der Waals surface area contributed by atoms with Crippen molar-refractivity contribution in [2.45, 2.75) is 58.5 Å². The largest absolute Gasteiger partial charge is 0.306 e. The highest BCUT2D eigenvalue weighted by Gasteiger charge is 2.31. The second-order valence-corrected chi connectivity index (χ2v) is 6.86. The maximum absolute atomic E-state index is 4.31. The summed E-state index contributed by atoms with van der Waals surface area (Å²) >= 11 is 1.77. The first-order chi connectivity index (χ1) is 7.46. The Hall–Kier alpha value is -0.480. The molecule has 1 unspecified atom stereocenters. The van der Waals surface area contributed by atoms with Crippen molar-refractivity contribution in [3.8, 4) is 0 Å². The predicted octanol–water partition coefficient (Wildman–Crippen LogP) is 2.94. The van der Waals surface area contributed by atoms with E-state index in [2.05, 4.69) is 43.2 Å². The molecule has 1 atom stereocenters. The Kier molecular flexibility index (Phi) is 3.31. The molecule has 0 bridgehead atoms. The highest BCUT2D eigenvalue weighted by atomic mass is 32.1. The lowest BCUT2D eigenvalue weighted by Gasteiger charge is -2.19. The zero-order chi connectivity index (χ0) is 11.8. The van der Waals surface area contributed by atoms with E-state index >= 15 is 0 Å². The van der Waals surface area contributed by atoms with Crippen LogP contribution >= 0.6 is 11.3 Å². The number of hydrogen-bond acceptors (Lipinski definition) is 4. The molecule has 0 spiro atoms. The second-order valence-electron chi connectivity index (χ2n) is 5.76. The molecule has 1 aromatic rings. The number of nitrogens with one attached hydrogen (secondary N) is 1. The summed E-state index contributed by atoms with van der Waals surface area (Å²) in [5.41, 5.74) is 0.147. The van der Waals surface area contributed by atoms with Crippen molar-refractivity contribution in [3.63, 3.8) is 0 Å². The lowest BCUT2D eigenvalue weighted by molar-refractivity contribution is 0.423. The summed E-state index contributed by atoms with van der Waals surface area (Å²) in [5.74, 6) is 1.48. The third-order valence-electron chi connectivity index (χ3n) is 2.97. The van der Waals surface area contributed by atoms with Crippen LogP contribution in [0.15, 0.2) is 0 Å². The molecule has 4 heteroatoms. The molecule has 3 nitrogen and oxygen atoms in total. The van der Waals surface area contributed by atoms with E-state index in [-0.39, 0.29) is 5.54 Å². The first-order valence-corrected chi connectivity index (χ1v) is 6.84. The van der Waals surface area contributed by atoms with Gasteiger partial charge in [-0.3, -0.25) is 0 Å². The van der Waals surface area contributed by atoms with E-state index in [9.17, 15) is 0 Å². The van der Waals surface area contributed by atoms with Crippen LogP contribution in [0.1, 0.15) is 56.5 Å². The quantitative estimate of drug-likeness (QED) is 0.878. The minimum atomic E-state index is 0.147. The Labute approximate surface area is 102 Å². The van der Waals surface area contributed by atoms with Gasteiger partial charge in [-0.2, -0.15) is 0 Å². The van der Waals surface area contributed by atoms with Gasteiger partial charge in [0, 0.05) is 11.5 Å². The molecule has 1 aliphatic rings. The van der Waals surface area contributed by atoms with Crippen LogP contribution in [-0.2, 0) is 6.54 Å². The van der Waals surface area contributed by atoms with Crippen molar-refractivity contribution in [2.75, 3.05) is 0 Å². The van der Waals surface area contributed by atoms with Gasteiger partial charge in [0.25, 0.3) is 0 Å². The molecular formula is C12H21N3S. The molecule has 1 N–H and O–H groups in total. The van der Waals surface area contributed by atoms with Crippen molar-refractivity contribution < 1.29 is 0 Å². The maximum Gasteiger partial charge on any atom is 0.131 e. The minimum Gasteiger partial charge on any atom is -0.306 e. The third-order valence-corrected chi connectivity index (χ3v) is 4.10. The van der Waals surface area contributed by atoms with Crippen LogP contribution in [0.4, 0.5) is 0 Å². The summed E-state index contributed by atoms with van der Waals surface area (Å²) in [4.78, 5) is 0.